The molecule has 7 aromatic rings. The Morgan fingerprint density at radius 1 is 0.473 bits per heavy atom. The molecule has 10 rings (SSSR count). The number of nitrogens with zero attached hydrogens (tertiary/aromatic N) is 3. The van der Waals surface area contributed by atoms with Gasteiger partial charge in [-0.3, -0.25) is 0 Å². The van der Waals surface area contributed by atoms with Crippen LogP contribution in [0.25, 0.3) is 56.4 Å². The highest BCUT2D eigenvalue weighted by atomic mass is 15.0. The van der Waals surface area contributed by atoms with Crippen LogP contribution < -0.4 is 0 Å². The smallest absolute Gasteiger partial charge is 0.164 e. The SMILES string of the molecule is CC1CC2C(=CC1c1ccc(-c3nc(-c4ccccc4)nc(-c4ccc(-c5ccc6c(c5)C(C)(C)c5ccccc5-6)cc4)n3)cc1)C(C)(C)c1ccccc12. The molecular formula is C52H45N3. The highest BCUT2D eigenvalue weighted by Crippen LogP contribution is 2.57. The average molecular weight is 712 g/mol. The summed E-state index contributed by atoms with van der Waals surface area (Å²) in [6.45, 7) is 11.9. The van der Waals surface area contributed by atoms with Crippen molar-refractivity contribution in [2.75, 3.05) is 0 Å². The van der Waals surface area contributed by atoms with Gasteiger partial charge in [0.2, 0.25) is 0 Å². The Kier molecular flexibility index (Phi) is 7.68. The number of benzene rings is 6. The lowest BCUT2D eigenvalue weighted by Gasteiger charge is -2.35. The summed E-state index contributed by atoms with van der Waals surface area (Å²) in [5, 5.41) is 0. The molecule has 0 spiro atoms. The zero-order valence-electron chi connectivity index (χ0n) is 32.2. The second-order valence-electron chi connectivity index (χ2n) is 16.9. The fourth-order valence-electron chi connectivity index (χ4n) is 9.91. The highest BCUT2D eigenvalue weighted by Gasteiger charge is 2.45. The van der Waals surface area contributed by atoms with E-state index in [0.717, 1.165) is 16.7 Å². The third kappa shape index (κ3) is 5.43. The molecule has 0 amide bonds. The molecule has 1 heterocycles. The van der Waals surface area contributed by atoms with Crippen molar-refractivity contribution in [1.82, 2.24) is 15.0 Å². The predicted molar refractivity (Wildman–Crippen MR) is 226 cm³/mol. The van der Waals surface area contributed by atoms with Gasteiger partial charge in [-0.2, -0.15) is 0 Å². The quantitative estimate of drug-likeness (QED) is 0.167. The first-order chi connectivity index (χ1) is 26.7. The summed E-state index contributed by atoms with van der Waals surface area (Å²) in [5.74, 6) is 3.45. The molecule has 3 aliphatic rings. The number of fused-ring (bicyclic) bond motifs is 6. The molecule has 0 saturated carbocycles. The van der Waals surface area contributed by atoms with Crippen LogP contribution in [0.1, 0.15) is 80.7 Å². The molecule has 3 unspecified atom stereocenters. The third-order valence-electron chi connectivity index (χ3n) is 13.0. The van der Waals surface area contributed by atoms with Crippen LogP contribution in [0.2, 0.25) is 0 Å². The van der Waals surface area contributed by atoms with E-state index in [1.807, 2.05) is 18.2 Å². The van der Waals surface area contributed by atoms with Gasteiger partial charge in [-0.05, 0) is 68.5 Å². The van der Waals surface area contributed by atoms with E-state index in [1.54, 1.807) is 5.57 Å². The van der Waals surface area contributed by atoms with Crippen LogP contribution in [0.4, 0.5) is 0 Å². The van der Waals surface area contributed by atoms with E-state index in [-0.39, 0.29) is 10.8 Å². The van der Waals surface area contributed by atoms with Crippen molar-refractivity contribution in [2.24, 2.45) is 5.92 Å². The summed E-state index contributed by atoms with van der Waals surface area (Å²) in [7, 11) is 0. The maximum Gasteiger partial charge on any atom is 0.164 e. The fourth-order valence-corrected chi connectivity index (χ4v) is 9.91. The van der Waals surface area contributed by atoms with Crippen LogP contribution >= 0.6 is 0 Å². The molecule has 55 heavy (non-hydrogen) atoms. The van der Waals surface area contributed by atoms with Gasteiger partial charge in [0.1, 0.15) is 0 Å². The maximum absolute atomic E-state index is 5.10. The number of rotatable bonds is 5. The highest BCUT2D eigenvalue weighted by molar-refractivity contribution is 5.84. The van der Waals surface area contributed by atoms with Crippen molar-refractivity contribution in [3.63, 3.8) is 0 Å². The lowest BCUT2D eigenvalue weighted by Crippen LogP contribution is -2.24. The predicted octanol–water partition coefficient (Wildman–Crippen LogP) is 13.0. The Labute approximate surface area is 324 Å². The van der Waals surface area contributed by atoms with Gasteiger partial charge in [-0.1, -0.05) is 186 Å². The second kappa shape index (κ2) is 12.6. The van der Waals surface area contributed by atoms with Crippen LogP contribution in [0.15, 0.2) is 157 Å². The fraction of sp³-hybridized carbons (Fsp3) is 0.212. The number of hydrogen-bond donors (Lipinski definition) is 0. The van der Waals surface area contributed by atoms with Gasteiger partial charge >= 0.3 is 0 Å². The summed E-state index contributed by atoms with van der Waals surface area (Å²) < 4.78 is 0. The summed E-state index contributed by atoms with van der Waals surface area (Å²) in [6.07, 6.45) is 3.77. The molecule has 3 heteroatoms. The number of hydrogen-bond acceptors (Lipinski definition) is 3. The number of allylic oxidation sites excluding steroid dienone is 2. The van der Waals surface area contributed by atoms with Gasteiger partial charge in [0.25, 0.3) is 0 Å². The van der Waals surface area contributed by atoms with Gasteiger partial charge < -0.3 is 0 Å². The lowest BCUT2D eigenvalue weighted by molar-refractivity contribution is 0.413. The second-order valence-corrected chi connectivity index (χ2v) is 16.9. The van der Waals surface area contributed by atoms with Gasteiger partial charge in [0, 0.05) is 39.4 Å². The minimum atomic E-state index is -0.0381. The van der Waals surface area contributed by atoms with Gasteiger partial charge in [-0.15, -0.1) is 0 Å². The molecular weight excluding hydrogens is 667 g/mol. The largest absolute Gasteiger partial charge is 0.208 e. The van der Waals surface area contributed by atoms with Crippen LogP contribution in [0.5, 0.6) is 0 Å². The van der Waals surface area contributed by atoms with E-state index in [9.17, 15) is 0 Å². The molecule has 268 valence electrons. The average Bonchev–Trinajstić information content (AvgIpc) is 3.59. The molecule has 0 aliphatic heterocycles. The van der Waals surface area contributed by atoms with E-state index >= 15 is 0 Å². The summed E-state index contributed by atoms with van der Waals surface area (Å²) in [5.41, 5.74) is 16.7. The van der Waals surface area contributed by atoms with Crippen LogP contribution in [-0.2, 0) is 10.8 Å². The summed E-state index contributed by atoms with van der Waals surface area (Å²) in [4.78, 5) is 15.2. The molecule has 3 aliphatic carbocycles. The number of aromatic nitrogens is 3. The molecule has 1 aromatic heterocycles. The topological polar surface area (TPSA) is 38.7 Å². The zero-order valence-corrected chi connectivity index (χ0v) is 32.2. The van der Waals surface area contributed by atoms with E-state index < -0.39 is 0 Å². The monoisotopic (exact) mass is 711 g/mol. The minimum Gasteiger partial charge on any atom is -0.208 e. The first kappa shape index (κ1) is 33.6. The molecule has 0 N–H and O–H groups in total. The maximum atomic E-state index is 5.10. The van der Waals surface area contributed by atoms with Crippen molar-refractivity contribution >= 4 is 0 Å². The third-order valence-corrected chi connectivity index (χ3v) is 13.0. The van der Waals surface area contributed by atoms with Crippen molar-refractivity contribution in [2.45, 2.75) is 63.7 Å². The van der Waals surface area contributed by atoms with Gasteiger partial charge in [0.05, 0.1) is 0 Å². The lowest BCUT2D eigenvalue weighted by atomic mass is 9.69. The Morgan fingerprint density at radius 2 is 1.00 bits per heavy atom. The standard InChI is InChI=1S/C52H45N3/c1-32-29-43-40-16-10-12-18-45(40)52(4,5)47(43)31-42(32)34-21-25-37(26-22-34)50-54-48(35-13-7-6-8-14-35)53-49(55-50)36-23-19-33(20-24-36)38-27-28-41-39-15-9-11-17-44(39)51(2,3)46(41)30-38/h6-28,30-32,42-43H,29H2,1-5H3. The van der Waals surface area contributed by atoms with E-state index in [1.165, 1.54) is 56.5 Å². The van der Waals surface area contributed by atoms with Crippen molar-refractivity contribution in [3.8, 4) is 56.4 Å². The van der Waals surface area contributed by atoms with Crippen molar-refractivity contribution in [3.05, 3.63) is 185 Å². The Morgan fingerprint density at radius 3 is 1.69 bits per heavy atom. The first-order valence-electron chi connectivity index (χ1n) is 19.8. The summed E-state index contributed by atoms with van der Waals surface area (Å²) >= 11 is 0. The van der Waals surface area contributed by atoms with E-state index in [2.05, 4.69) is 168 Å². The molecule has 0 bridgehead atoms. The van der Waals surface area contributed by atoms with E-state index in [4.69, 9.17) is 15.0 Å². The van der Waals surface area contributed by atoms with Gasteiger partial charge in [-0.25, -0.2) is 15.0 Å². The van der Waals surface area contributed by atoms with Crippen molar-refractivity contribution in [1.29, 1.82) is 0 Å². The van der Waals surface area contributed by atoms with Crippen LogP contribution in [-0.4, -0.2) is 15.0 Å². The molecule has 6 aromatic carbocycles. The normalized spacial score (nSPS) is 19.9. The molecule has 0 radical (unpaired) electrons. The Hall–Kier alpha value is -5.93. The summed E-state index contributed by atoms with van der Waals surface area (Å²) in [6, 6.07) is 52.7. The van der Waals surface area contributed by atoms with Crippen molar-refractivity contribution < 1.29 is 0 Å². The zero-order chi connectivity index (χ0) is 37.5. The Balaban J connectivity index is 0.976. The molecule has 0 saturated heterocycles. The van der Waals surface area contributed by atoms with Gasteiger partial charge in [0.15, 0.2) is 17.5 Å². The van der Waals surface area contributed by atoms with E-state index in [0.29, 0.717) is 35.2 Å². The molecule has 0 fully saturated rings. The minimum absolute atomic E-state index is 0.0381. The Bertz CT molecular complexity index is 2630. The molecule has 3 atom stereocenters. The van der Waals surface area contributed by atoms with Crippen LogP contribution in [0.3, 0.4) is 0 Å². The van der Waals surface area contributed by atoms with Crippen LogP contribution in [0, 0.1) is 5.92 Å². The first-order valence-corrected chi connectivity index (χ1v) is 19.8. The molecule has 3 nitrogen and oxygen atoms in total.